The lowest BCUT2D eigenvalue weighted by molar-refractivity contribution is -0.117. The Bertz CT molecular complexity index is 1460. The molecule has 37 heavy (non-hydrogen) atoms. The van der Waals surface area contributed by atoms with Gasteiger partial charge in [0.1, 0.15) is 17.1 Å². The predicted octanol–water partition coefficient (Wildman–Crippen LogP) is 5.77. The van der Waals surface area contributed by atoms with Crippen LogP contribution >= 0.6 is 11.6 Å². The van der Waals surface area contributed by atoms with Gasteiger partial charge in [-0.05, 0) is 54.4 Å². The number of rotatable bonds is 7. The number of aromatic amines is 1. The van der Waals surface area contributed by atoms with Crippen molar-refractivity contribution in [1.82, 2.24) is 10.2 Å². The zero-order chi connectivity index (χ0) is 25.9. The van der Waals surface area contributed by atoms with Gasteiger partial charge in [0.2, 0.25) is 0 Å². The number of anilines is 2. The van der Waals surface area contributed by atoms with E-state index in [9.17, 15) is 14.7 Å². The second-order valence-corrected chi connectivity index (χ2v) is 8.74. The van der Waals surface area contributed by atoms with Crippen LogP contribution in [0.4, 0.5) is 11.5 Å². The van der Waals surface area contributed by atoms with Gasteiger partial charge in [0.15, 0.2) is 5.76 Å². The standard InChI is InChI=1S/C28H23ClN4O4/c1-2-37-21-14-12-20(13-15-21)31-27(35)22-16-30-32-26(22)33-24(18-8-10-19(29)11-9-18)23(25(34)28(33)36)17-6-4-3-5-7-17/h3-16,24,34H,2H2,1H3,(H,30,32)(H,31,35). The number of ether oxygens (including phenoxy) is 1. The van der Waals surface area contributed by atoms with Crippen molar-refractivity contribution in [2.24, 2.45) is 0 Å². The number of carbonyl (C=O) groups excluding carboxylic acids is 2. The molecule has 1 aliphatic heterocycles. The highest BCUT2D eigenvalue weighted by atomic mass is 35.5. The number of aliphatic hydroxyl groups is 1. The van der Waals surface area contributed by atoms with Crippen molar-refractivity contribution in [2.75, 3.05) is 16.8 Å². The molecule has 2 amide bonds. The highest BCUT2D eigenvalue weighted by Crippen LogP contribution is 2.45. The van der Waals surface area contributed by atoms with Gasteiger partial charge in [-0.2, -0.15) is 5.10 Å². The molecule has 3 aromatic carbocycles. The highest BCUT2D eigenvalue weighted by molar-refractivity contribution is 6.30. The topological polar surface area (TPSA) is 108 Å². The first-order valence-corrected chi connectivity index (χ1v) is 12.0. The lowest BCUT2D eigenvalue weighted by Gasteiger charge is -2.27. The number of amides is 2. The SMILES string of the molecule is CCOc1ccc(NC(=O)c2cn[nH]c2N2C(=O)C(O)=C(c3ccccc3)C2c2ccc(Cl)cc2)cc1. The fraction of sp³-hybridized carbons (Fsp3) is 0.107. The van der Waals surface area contributed by atoms with E-state index in [-0.39, 0.29) is 11.4 Å². The molecule has 1 unspecified atom stereocenters. The summed E-state index contributed by atoms with van der Waals surface area (Å²) in [6, 6.07) is 22.4. The van der Waals surface area contributed by atoms with E-state index in [0.29, 0.717) is 39.8 Å². The van der Waals surface area contributed by atoms with E-state index in [1.54, 1.807) is 48.5 Å². The summed E-state index contributed by atoms with van der Waals surface area (Å²) in [5.41, 5.74) is 2.49. The van der Waals surface area contributed by atoms with Crippen LogP contribution in [0.1, 0.15) is 34.5 Å². The minimum Gasteiger partial charge on any atom is -0.503 e. The van der Waals surface area contributed by atoms with Gasteiger partial charge in [-0.3, -0.25) is 19.6 Å². The van der Waals surface area contributed by atoms with Crippen LogP contribution in [-0.2, 0) is 4.79 Å². The van der Waals surface area contributed by atoms with E-state index in [1.807, 2.05) is 37.3 Å². The Balaban J connectivity index is 1.53. The Morgan fingerprint density at radius 1 is 1.08 bits per heavy atom. The van der Waals surface area contributed by atoms with Crippen molar-refractivity contribution in [1.29, 1.82) is 0 Å². The van der Waals surface area contributed by atoms with Crippen LogP contribution in [0.3, 0.4) is 0 Å². The molecular formula is C28H23ClN4O4. The van der Waals surface area contributed by atoms with Crippen LogP contribution in [0, 0.1) is 0 Å². The number of aromatic nitrogens is 2. The van der Waals surface area contributed by atoms with E-state index in [0.717, 1.165) is 0 Å². The fourth-order valence-corrected chi connectivity index (χ4v) is 4.46. The molecule has 1 aromatic heterocycles. The molecule has 186 valence electrons. The van der Waals surface area contributed by atoms with Crippen LogP contribution in [0.25, 0.3) is 5.57 Å². The van der Waals surface area contributed by atoms with Crippen LogP contribution in [-0.4, -0.2) is 33.7 Å². The van der Waals surface area contributed by atoms with Crippen LogP contribution in [0.15, 0.2) is 90.8 Å². The summed E-state index contributed by atoms with van der Waals surface area (Å²) in [5, 5.41) is 21.2. The summed E-state index contributed by atoms with van der Waals surface area (Å²) in [4.78, 5) is 28.1. The summed E-state index contributed by atoms with van der Waals surface area (Å²) >= 11 is 6.12. The third-order valence-electron chi connectivity index (χ3n) is 6.01. The lowest BCUT2D eigenvalue weighted by atomic mass is 9.93. The molecule has 1 aliphatic rings. The van der Waals surface area contributed by atoms with E-state index in [2.05, 4.69) is 15.5 Å². The minimum atomic E-state index is -0.732. The largest absolute Gasteiger partial charge is 0.503 e. The Hall–Kier alpha value is -4.56. The number of hydrogen-bond donors (Lipinski definition) is 3. The predicted molar refractivity (Wildman–Crippen MR) is 142 cm³/mol. The second kappa shape index (κ2) is 10.2. The molecule has 0 spiro atoms. The van der Waals surface area contributed by atoms with Crippen molar-refractivity contribution in [3.63, 3.8) is 0 Å². The number of aliphatic hydroxyl groups excluding tert-OH is 1. The van der Waals surface area contributed by atoms with Crippen molar-refractivity contribution in [2.45, 2.75) is 13.0 Å². The first kappa shape index (κ1) is 24.1. The van der Waals surface area contributed by atoms with Crippen LogP contribution in [0.5, 0.6) is 5.75 Å². The number of hydrogen-bond acceptors (Lipinski definition) is 5. The van der Waals surface area contributed by atoms with Gasteiger partial charge in [-0.15, -0.1) is 0 Å². The lowest BCUT2D eigenvalue weighted by Crippen LogP contribution is -2.32. The van der Waals surface area contributed by atoms with E-state index in [4.69, 9.17) is 16.3 Å². The second-order valence-electron chi connectivity index (χ2n) is 8.30. The first-order valence-electron chi connectivity index (χ1n) is 11.6. The summed E-state index contributed by atoms with van der Waals surface area (Å²) in [5.74, 6) is -0.682. The molecule has 0 fully saturated rings. The molecule has 0 saturated carbocycles. The third-order valence-corrected chi connectivity index (χ3v) is 6.26. The number of H-pyrrole nitrogens is 1. The van der Waals surface area contributed by atoms with Crippen LogP contribution < -0.4 is 15.0 Å². The summed E-state index contributed by atoms with van der Waals surface area (Å²) in [7, 11) is 0. The van der Waals surface area contributed by atoms with E-state index >= 15 is 0 Å². The van der Waals surface area contributed by atoms with Crippen molar-refractivity contribution < 1.29 is 19.4 Å². The molecule has 2 heterocycles. The van der Waals surface area contributed by atoms with Gasteiger partial charge in [-0.25, -0.2) is 0 Å². The normalized spacial score (nSPS) is 15.2. The Morgan fingerprint density at radius 3 is 2.46 bits per heavy atom. The average molecular weight is 515 g/mol. The fourth-order valence-electron chi connectivity index (χ4n) is 4.34. The molecule has 0 radical (unpaired) electrons. The molecule has 9 heteroatoms. The number of nitrogens with one attached hydrogen (secondary N) is 2. The Kier molecular flexibility index (Phi) is 6.66. The molecule has 0 aliphatic carbocycles. The maximum absolute atomic E-state index is 13.5. The third kappa shape index (κ3) is 4.66. The maximum Gasteiger partial charge on any atom is 0.295 e. The average Bonchev–Trinajstić information content (AvgIpc) is 3.49. The van der Waals surface area contributed by atoms with Gasteiger partial charge >= 0.3 is 0 Å². The Labute approximate surface area is 218 Å². The number of benzene rings is 3. The number of halogens is 1. The monoisotopic (exact) mass is 514 g/mol. The molecule has 8 nitrogen and oxygen atoms in total. The van der Waals surface area contributed by atoms with Crippen molar-refractivity contribution in [3.05, 3.63) is 113 Å². The molecule has 4 aromatic rings. The van der Waals surface area contributed by atoms with Gasteiger partial charge in [-0.1, -0.05) is 54.1 Å². The quantitative estimate of drug-likeness (QED) is 0.290. The zero-order valence-corrected chi connectivity index (χ0v) is 20.6. The van der Waals surface area contributed by atoms with Gasteiger partial charge in [0.25, 0.3) is 11.8 Å². The number of nitrogens with zero attached hydrogens (tertiary/aromatic N) is 2. The minimum absolute atomic E-state index is 0.142. The summed E-state index contributed by atoms with van der Waals surface area (Å²) in [6.07, 6.45) is 1.35. The summed E-state index contributed by atoms with van der Waals surface area (Å²) < 4.78 is 5.45. The molecule has 0 saturated heterocycles. The van der Waals surface area contributed by atoms with E-state index < -0.39 is 23.6 Å². The molecule has 0 bridgehead atoms. The summed E-state index contributed by atoms with van der Waals surface area (Å²) in [6.45, 7) is 2.43. The molecule has 1 atom stereocenters. The number of carbonyl (C=O) groups is 2. The molecular weight excluding hydrogens is 492 g/mol. The van der Waals surface area contributed by atoms with Gasteiger partial charge in [0.05, 0.1) is 18.8 Å². The Morgan fingerprint density at radius 2 is 1.78 bits per heavy atom. The smallest absolute Gasteiger partial charge is 0.295 e. The molecule has 3 N–H and O–H groups in total. The zero-order valence-electron chi connectivity index (χ0n) is 19.8. The van der Waals surface area contributed by atoms with Gasteiger partial charge in [0, 0.05) is 16.3 Å². The highest BCUT2D eigenvalue weighted by Gasteiger charge is 2.44. The van der Waals surface area contributed by atoms with Gasteiger partial charge < -0.3 is 15.2 Å². The van der Waals surface area contributed by atoms with Crippen molar-refractivity contribution >= 4 is 40.5 Å². The molecule has 5 rings (SSSR count). The maximum atomic E-state index is 13.5. The first-order chi connectivity index (χ1) is 18.0. The van der Waals surface area contributed by atoms with E-state index in [1.165, 1.54) is 11.1 Å². The van der Waals surface area contributed by atoms with Crippen LogP contribution in [0.2, 0.25) is 5.02 Å². The van der Waals surface area contributed by atoms with Crippen molar-refractivity contribution in [3.8, 4) is 5.75 Å².